The van der Waals surface area contributed by atoms with Crippen LogP contribution in [0.3, 0.4) is 0 Å². The van der Waals surface area contributed by atoms with Crippen LogP contribution in [0.5, 0.6) is 0 Å². The van der Waals surface area contributed by atoms with Gasteiger partial charge in [0.25, 0.3) is 5.91 Å². The molecule has 0 aliphatic rings. The highest BCUT2D eigenvalue weighted by molar-refractivity contribution is 7.21. The van der Waals surface area contributed by atoms with E-state index in [1.165, 1.54) is 11.3 Å². The Morgan fingerprint density at radius 1 is 0.848 bits per heavy atom. The number of rotatable bonds is 4. The second kappa shape index (κ2) is 9.01. The summed E-state index contributed by atoms with van der Waals surface area (Å²) >= 11 is 26.6. The zero-order valence-electron chi connectivity index (χ0n) is 16.5. The summed E-state index contributed by atoms with van der Waals surface area (Å²) in [4.78, 5) is 17.5. The van der Waals surface area contributed by atoms with Crippen molar-refractivity contribution in [2.75, 3.05) is 5.32 Å². The molecule has 2 heterocycles. The summed E-state index contributed by atoms with van der Waals surface area (Å²) < 4.78 is 6.76. The van der Waals surface area contributed by atoms with Crippen LogP contribution in [0.4, 0.5) is 5.69 Å². The van der Waals surface area contributed by atoms with Crippen LogP contribution in [-0.4, -0.2) is 10.9 Å². The Morgan fingerprint density at radius 3 is 2.48 bits per heavy atom. The molecule has 4 nitrogen and oxygen atoms in total. The monoisotopic (exact) mass is 532 g/mol. The van der Waals surface area contributed by atoms with E-state index >= 15 is 0 Å². The van der Waals surface area contributed by atoms with Gasteiger partial charge in [-0.1, -0.05) is 64.6 Å². The molecule has 9 heteroatoms. The number of thiazole rings is 1. The van der Waals surface area contributed by atoms with Gasteiger partial charge in [-0.2, -0.15) is 0 Å². The number of hydrogen-bond donors (Lipinski definition) is 1. The number of nitrogens with one attached hydrogen (secondary N) is 1. The molecule has 2 aromatic heterocycles. The molecule has 33 heavy (non-hydrogen) atoms. The molecule has 3 aromatic carbocycles. The van der Waals surface area contributed by atoms with Gasteiger partial charge in [0.05, 0.1) is 36.0 Å². The number of hydrogen-bond acceptors (Lipinski definition) is 4. The van der Waals surface area contributed by atoms with Crippen LogP contribution in [0.25, 0.3) is 32.1 Å². The molecule has 164 valence electrons. The van der Waals surface area contributed by atoms with Gasteiger partial charge in [0.2, 0.25) is 0 Å². The van der Waals surface area contributed by atoms with Crippen LogP contribution >= 0.6 is 57.7 Å². The van der Waals surface area contributed by atoms with Gasteiger partial charge in [-0.05, 0) is 48.5 Å². The molecule has 1 N–H and O–H groups in total. The summed E-state index contributed by atoms with van der Waals surface area (Å²) in [6.45, 7) is 0. The van der Waals surface area contributed by atoms with Crippen molar-refractivity contribution >= 4 is 79.6 Å². The third-order valence-corrected chi connectivity index (χ3v) is 7.39. The normalized spacial score (nSPS) is 11.2. The van der Waals surface area contributed by atoms with Gasteiger partial charge in [-0.3, -0.25) is 4.79 Å². The van der Waals surface area contributed by atoms with Crippen molar-refractivity contribution < 1.29 is 9.21 Å². The van der Waals surface area contributed by atoms with Crippen LogP contribution < -0.4 is 5.32 Å². The summed E-state index contributed by atoms with van der Waals surface area (Å²) in [6.07, 6.45) is 0. The lowest BCUT2D eigenvalue weighted by atomic mass is 10.2. The van der Waals surface area contributed by atoms with Crippen LogP contribution in [0.1, 0.15) is 10.6 Å². The van der Waals surface area contributed by atoms with Crippen molar-refractivity contribution in [1.82, 2.24) is 4.98 Å². The highest BCUT2D eigenvalue weighted by atomic mass is 35.5. The van der Waals surface area contributed by atoms with E-state index in [4.69, 9.17) is 50.8 Å². The number of fused-ring (bicyclic) bond motifs is 1. The molecule has 0 aliphatic carbocycles. The van der Waals surface area contributed by atoms with E-state index in [9.17, 15) is 4.79 Å². The number of para-hydroxylation sites is 1. The minimum Gasteiger partial charge on any atom is -0.451 e. The number of furan rings is 1. The number of anilines is 1. The third kappa shape index (κ3) is 4.35. The highest BCUT2D eigenvalue weighted by Gasteiger charge is 2.18. The van der Waals surface area contributed by atoms with Crippen molar-refractivity contribution in [3.8, 4) is 21.9 Å². The summed E-state index contributed by atoms with van der Waals surface area (Å²) in [5, 5.41) is 4.99. The summed E-state index contributed by atoms with van der Waals surface area (Å²) in [7, 11) is 0. The second-order valence-electron chi connectivity index (χ2n) is 7.02. The lowest BCUT2D eigenvalue weighted by Crippen LogP contribution is -2.11. The van der Waals surface area contributed by atoms with Crippen molar-refractivity contribution in [2.24, 2.45) is 0 Å². The fourth-order valence-corrected chi connectivity index (χ4v) is 5.24. The van der Waals surface area contributed by atoms with Crippen LogP contribution in [0.2, 0.25) is 20.1 Å². The molecule has 0 aliphatic heterocycles. The largest absolute Gasteiger partial charge is 0.451 e. The fourth-order valence-electron chi connectivity index (χ4n) is 3.28. The maximum Gasteiger partial charge on any atom is 0.291 e. The molecule has 0 saturated heterocycles. The molecule has 0 atom stereocenters. The quantitative estimate of drug-likeness (QED) is 0.250. The number of carbonyl (C=O) groups excluding carboxylic acids is 1. The number of benzene rings is 3. The topological polar surface area (TPSA) is 55.1 Å². The Kier molecular flexibility index (Phi) is 6.08. The summed E-state index contributed by atoms with van der Waals surface area (Å²) in [6, 6.07) is 19.5. The molecule has 5 aromatic rings. The lowest BCUT2D eigenvalue weighted by molar-refractivity contribution is 0.0997. The zero-order valence-corrected chi connectivity index (χ0v) is 20.4. The van der Waals surface area contributed by atoms with Gasteiger partial charge >= 0.3 is 0 Å². The first-order chi connectivity index (χ1) is 15.9. The fraction of sp³-hybridized carbons (Fsp3) is 0. The smallest absolute Gasteiger partial charge is 0.291 e. The molecule has 0 bridgehead atoms. The Hall–Kier alpha value is -2.54. The molecule has 0 saturated carbocycles. The summed E-state index contributed by atoms with van der Waals surface area (Å²) in [5.74, 6) is 0.0393. The van der Waals surface area contributed by atoms with Gasteiger partial charge in [0.1, 0.15) is 10.8 Å². The predicted octanol–water partition coefficient (Wildman–Crippen LogP) is 9.09. The minimum absolute atomic E-state index is 0.0913. The first kappa shape index (κ1) is 22.3. The van der Waals surface area contributed by atoms with E-state index in [1.54, 1.807) is 42.5 Å². The molecular formula is C24H12Cl4N2O2S. The van der Waals surface area contributed by atoms with Crippen molar-refractivity contribution in [1.29, 1.82) is 0 Å². The molecule has 1 amide bonds. The van der Waals surface area contributed by atoms with E-state index in [2.05, 4.69) is 10.3 Å². The van der Waals surface area contributed by atoms with E-state index in [1.807, 2.05) is 24.3 Å². The Labute approximate surface area is 212 Å². The number of halogens is 4. The van der Waals surface area contributed by atoms with Gasteiger partial charge < -0.3 is 9.73 Å². The Morgan fingerprint density at radius 2 is 1.67 bits per heavy atom. The average Bonchev–Trinajstić information content (AvgIpc) is 3.45. The van der Waals surface area contributed by atoms with Crippen molar-refractivity contribution in [3.63, 3.8) is 0 Å². The van der Waals surface area contributed by atoms with Crippen molar-refractivity contribution in [2.45, 2.75) is 0 Å². The van der Waals surface area contributed by atoms with Crippen LogP contribution in [-0.2, 0) is 0 Å². The molecule has 0 unspecified atom stereocenters. The number of amides is 1. The molecule has 5 rings (SSSR count). The first-order valence-corrected chi connectivity index (χ1v) is 11.9. The predicted molar refractivity (Wildman–Crippen MR) is 137 cm³/mol. The second-order valence-corrected chi connectivity index (χ2v) is 9.65. The number of carbonyl (C=O) groups is 1. The van der Waals surface area contributed by atoms with Gasteiger partial charge in [-0.15, -0.1) is 11.3 Å². The van der Waals surface area contributed by atoms with Gasteiger partial charge in [-0.25, -0.2) is 4.98 Å². The Balaban J connectivity index is 1.45. The molecule has 0 spiro atoms. The van der Waals surface area contributed by atoms with Gasteiger partial charge in [0.15, 0.2) is 5.76 Å². The maximum atomic E-state index is 12.9. The van der Waals surface area contributed by atoms with Crippen LogP contribution in [0, 0.1) is 0 Å². The third-order valence-electron chi connectivity index (χ3n) is 4.88. The summed E-state index contributed by atoms with van der Waals surface area (Å²) in [5.41, 5.74) is 2.52. The highest BCUT2D eigenvalue weighted by Crippen LogP contribution is 2.39. The van der Waals surface area contributed by atoms with E-state index in [0.29, 0.717) is 42.7 Å². The molecular weight excluding hydrogens is 522 g/mol. The zero-order chi connectivity index (χ0) is 23.1. The maximum absolute atomic E-state index is 12.9. The number of nitrogens with zero attached hydrogens (tertiary/aromatic N) is 1. The van der Waals surface area contributed by atoms with Crippen molar-refractivity contribution in [3.05, 3.63) is 92.6 Å². The van der Waals surface area contributed by atoms with Crippen LogP contribution in [0.15, 0.2) is 71.1 Å². The first-order valence-electron chi connectivity index (χ1n) is 9.61. The molecule has 0 fully saturated rings. The number of aromatic nitrogens is 1. The van der Waals surface area contributed by atoms with Gasteiger partial charge in [0, 0.05) is 11.1 Å². The van der Waals surface area contributed by atoms with E-state index in [-0.39, 0.29) is 5.76 Å². The SMILES string of the molecule is O=C(Nc1cc(-c2nc3ccccc3s2)c(Cl)cc1Cl)c1ccc(-c2cccc(Cl)c2Cl)o1. The average molecular weight is 534 g/mol. The van der Waals surface area contributed by atoms with E-state index < -0.39 is 5.91 Å². The Bertz CT molecular complexity index is 1490. The minimum atomic E-state index is -0.473. The molecule has 0 radical (unpaired) electrons. The standard InChI is InChI=1S/C24H12Cl4N2O2S/c25-14-5-3-4-12(22(14)28)19-8-9-20(32-19)23(31)29-18-10-13(15(26)11-16(18)27)24-30-17-6-1-2-7-21(17)33-24/h1-11H,(H,29,31). The van der Waals surface area contributed by atoms with E-state index in [0.717, 1.165) is 15.2 Å². The lowest BCUT2D eigenvalue weighted by Gasteiger charge is -2.09.